The topological polar surface area (TPSA) is 33.1 Å². The van der Waals surface area contributed by atoms with E-state index in [1.165, 1.54) is 46.8 Å². The first kappa shape index (κ1) is 25.5. The van der Waals surface area contributed by atoms with Crippen LogP contribution in [0.5, 0.6) is 0 Å². The van der Waals surface area contributed by atoms with Crippen molar-refractivity contribution in [2.75, 3.05) is 26.2 Å². The lowest BCUT2D eigenvalue weighted by Crippen LogP contribution is -2.25. The van der Waals surface area contributed by atoms with E-state index >= 15 is 0 Å². The summed E-state index contributed by atoms with van der Waals surface area (Å²) < 4.78 is 2.39. The van der Waals surface area contributed by atoms with Gasteiger partial charge in [0.05, 0.1) is 11.2 Å². The zero-order chi connectivity index (χ0) is 22.3. The first-order chi connectivity index (χ1) is 15.7. The average molecular weight is 486 g/mol. The summed E-state index contributed by atoms with van der Waals surface area (Å²) >= 11 is 6.27. The third kappa shape index (κ3) is 6.07. The van der Waals surface area contributed by atoms with Crippen LogP contribution in [0.1, 0.15) is 37.9 Å². The van der Waals surface area contributed by atoms with Crippen molar-refractivity contribution < 1.29 is 0 Å². The molecule has 1 N–H and O–H groups in total. The van der Waals surface area contributed by atoms with E-state index in [9.17, 15) is 0 Å². The van der Waals surface area contributed by atoms with Gasteiger partial charge >= 0.3 is 0 Å². The standard InChI is InChI=1S/C27H33ClN4.ClH/c1-3-31(4-2)17-8-7-15-29-19-25-27-24(14-16-30-25)23-12-5-6-13-26(23)32(27)20-21-10-9-11-22(28)18-21;/h5-6,9-14,16,18,29H,3-4,7-8,15,17,19-20H2,1-2H3;1H. The van der Waals surface area contributed by atoms with E-state index in [0.29, 0.717) is 0 Å². The third-order valence-corrected chi connectivity index (χ3v) is 6.48. The first-order valence-electron chi connectivity index (χ1n) is 11.7. The molecule has 0 saturated heterocycles. The molecule has 2 aromatic heterocycles. The number of rotatable bonds is 11. The van der Waals surface area contributed by atoms with E-state index in [1.807, 2.05) is 24.4 Å². The van der Waals surface area contributed by atoms with Gasteiger partial charge in [0.1, 0.15) is 0 Å². The SMILES string of the molecule is CCN(CC)CCCCNCc1nccc2c3ccccc3n(Cc3cccc(Cl)c3)c12.Cl. The molecule has 2 aromatic carbocycles. The van der Waals surface area contributed by atoms with Gasteiger partial charge in [0, 0.05) is 40.6 Å². The minimum absolute atomic E-state index is 0. The molecule has 0 fully saturated rings. The predicted molar refractivity (Wildman–Crippen MR) is 144 cm³/mol. The Bertz CT molecular complexity index is 1170. The number of hydrogen-bond acceptors (Lipinski definition) is 3. The molecular weight excluding hydrogens is 451 g/mol. The molecule has 0 amide bonds. The number of para-hydroxylation sites is 1. The van der Waals surface area contributed by atoms with Crippen LogP contribution in [0.25, 0.3) is 21.8 Å². The number of aromatic nitrogens is 2. The highest BCUT2D eigenvalue weighted by Crippen LogP contribution is 2.31. The van der Waals surface area contributed by atoms with Crippen molar-refractivity contribution in [2.24, 2.45) is 0 Å². The molecule has 0 saturated carbocycles. The molecule has 176 valence electrons. The zero-order valence-electron chi connectivity index (χ0n) is 19.6. The van der Waals surface area contributed by atoms with Gasteiger partial charge < -0.3 is 14.8 Å². The van der Waals surface area contributed by atoms with Crippen LogP contribution in [0.3, 0.4) is 0 Å². The summed E-state index contributed by atoms with van der Waals surface area (Å²) in [5.74, 6) is 0. The van der Waals surface area contributed by atoms with Crippen LogP contribution < -0.4 is 5.32 Å². The van der Waals surface area contributed by atoms with E-state index in [-0.39, 0.29) is 12.4 Å². The molecule has 6 heteroatoms. The lowest BCUT2D eigenvalue weighted by Gasteiger charge is -2.17. The zero-order valence-corrected chi connectivity index (χ0v) is 21.1. The molecule has 0 unspecified atom stereocenters. The fraction of sp³-hybridized carbons (Fsp3) is 0.370. The van der Waals surface area contributed by atoms with Crippen molar-refractivity contribution in [1.29, 1.82) is 0 Å². The molecule has 0 aliphatic heterocycles. The van der Waals surface area contributed by atoms with E-state index in [1.54, 1.807) is 0 Å². The maximum Gasteiger partial charge on any atom is 0.0784 e. The van der Waals surface area contributed by atoms with Crippen LogP contribution >= 0.6 is 24.0 Å². The summed E-state index contributed by atoms with van der Waals surface area (Å²) in [6.45, 7) is 10.5. The van der Waals surface area contributed by atoms with E-state index < -0.39 is 0 Å². The Morgan fingerprint density at radius 2 is 1.79 bits per heavy atom. The van der Waals surface area contributed by atoms with Crippen LogP contribution in [0.15, 0.2) is 60.8 Å². The summed E-state index contributed by atoms with van der Waals surface area (Å²) in [6, 6.07) is 18.9. The molecule has 0 aliphatic carbocycles. The molecule has 0 atom stereocenters. The fourth-order valence-electron chi connectivity index (χ4n) is 4.52. The maximum absolute atomic E-state index is 6.27. The van der Waals surface area contributed by atoms with Gasteiger partial charge in [-0.15, -0.1) is 12.4 Å². The van der Waals surface area contributed by atoms with Gasteiger partial charge in [-0.25, -0.2) is 0 Å². The van der Waals surface area contributed by atoms with Gasteiger partial charge in [0.2, 0.25) is 0 Å². The van der Waals surface area contributed by atoms with Gasteiger partial charge in [-0.05, 0) is 68.8 Å². The van der Waals surface area contributed by atoms with Crippen LogP contribution in [-0.2, 0) is 13.1 Å². The predicted octanol–water partition coefficient (Wildman–Crippen LogP) is 6.52. The highest BCUT2D eigenvalue weighted by molar-refractivity contribution is 6.30. The average Bonchev–Trinajstić information content (AvgIpc) is 3.13. The number of nitrogens with zero attached hydrogens (tertiary/aromatic N) is 3. The van der Waals surface area contributed by atoms with Crippen molar-refractivity contribution in [3.63, 3.8) is 0 Å². The molecule has 0 spiro atoms. The summed E-state index contributed by atoms with van der Waals surface area (Å²) in [6.07, 6.45) is 4.34. The molecule has 4 rings (SSSR count). The van der Waals surface area contributed by atoms with Crippen molar-refractivity contribution in [3.05, 3.63) is 77.1 Å². The van der Waals surface area contributed by atoms with Gasteiger partial charge in [0.15, 0.2) is 0 Å². The highest BCUT2D eigenvalue weighted by atomic mass is 35.5. The minimum atomic E-state index is 0. The molecule has 0 aliphatic rings. The van der Waals surface area contributed by atoms with Crippen molar-refractivity contribution in [2.45, 2.75) is 39.8 Å². The van der Waals surface area contributed by atoms with Gasteiger partial charge in [-0.1, -0.05) is 55.8 Å². The summed E-state index contributed by atoms with van der Waals surface area (Å²) in [7, 11) is 0. The summed E-state index contributed by atoms with van der Waals surface area (Å²) in [5.41, 5.74) is 4.74. The minimum Gasteiger partial charge on any atom is -0.334 e. The maximum atomic E-state index is 6.27. The molecule has 0 bridgehead atoms. The third-order valence-electron chi connectivity index (χ3n) is 6.25. The second-order valence-electron chi connectivity index (χ2n) is 8.30. The van der Waals surface area contributed by atoms with Crippen LogP contribution in [0.4, 0.5) is 0 Å². The fourth-order valence-corrected chi connectivity index (χ4v) is 4.73. The van der Waals surface area contributed by atoms with Crippen molar-refractivity contribution >= 4 is 45.8 Å². The van der Waals surface area contributed by atoms with Crippen LogP contribution in [0.2, 0.25) is 5.02 Å². The van der Waals surface area contributed by atoms with Gasteiger partial charge in [-0.3, -0.25) is 4.98 Å². The molecule has 0 radical (unpaired) electrons. The number of hydrogen-bond donors (Lipinski definition) is 1. The quantitative estimate of drug-likeness (QED) is 0.246. The number of halogens is 2. The monoisotopic (exact) mass is 484 g/mol. The molecule has 33 heavy (non-hydrogen) atoms. The summed E-state index contributed by atoms with van der Waals surface area (Å²) in [5, 5.41) is 6.93. The Labute approximate surface area is 208 Å². The number of pyridine rings is 1. The Morgan fingerprint density at radius 1 is 0.970 bits per heavy atom. The number of unbranched alkanes of at least 4 members (excludes halogenated alkanes) is 1. The van der Waals surface area contributed by atoms with E-state index in [2.05, 4.69) is 65.0 Å². The Morgan fingerprint density at radius 3 is 2.58 bits per heavy atom. The van der Waals surface area contributed by atoms with Crippen molar-refractivity contribution in [3.8, 4) is 0 Å². The molecule has 4 aromatic rings. The number of benzene rings is 2. The van der Waals surface area contributed by atoms with Crippen LogP contribution in [-0.4, -0.2) is 40.6 Å². The molecule has 2 heterocycles. The Balaban J connectivity index is 0.00000306. The smallest absolute Gasteiger partial charge is 0.0784 e. The normalized spacial score (nSPS) is 11.4. The largest absolute Gasteiger partial charge is 0.334 e. The van der Waals surface area contributed by atoms with Crippen molar-refractivity contribution in [1.82, 2.24) is 19.8 Å². The Hall–Kier alpha value is -2.11. The second-order valence-corrected chi connectivity index (χ2v) is 8.73. The Kier molecular flexibility index (Phi) is 9.57. The van der Waals surface area contributed by atoms with Gasteiger partial charge in [-0.2, -0.15) is 0 Å². The van der Waals surface area contributed by atoms with E-state index in [4.69, 9.17) is 16.6 Å². The lowest BCUT2D eigenvalue weighted by molar-refractivity contribution is 0.296. The summed E-state index contributed by atoms with van der Waals surface area (Å²) in [4.78, 5) is 7.26. The highest BCUT2D eigenvalue weighted by Gasteiger charge is 2.15. The van der Waals surface area contributed by atoms with Gasteiger partial charge in [0.25, 0.3) is 0 Å². The van der Waals surface area contributed by atoms with Crippen LogP contribution in [0, 0.1) is 0 Å². The lowest BCUT2D eigenvalue weighted by atomic mass is 10.1. The molecular formula is C27H34Cl2N4. The number of nitrogens with one attached hydrogen (secondary N) is 1. The van der Waals surface area contributed by atoms with E-state index in [0.717, 1.165) is 43.4 Å². The second kappa shape index (κ2) is 12.4. The number of fused-ring (bicyclic) bond motifs is 3. The first-order valence-corrected chi connectivity index (χ1v) is 12.1. The molecule has 4 nitrogen and oxygen atoms in total.